The molecule has 9 heteroatoms. The van der Waals surface area contributed by atoms with E-state index >= 15 is 0 Å². The Balaban J connectivity index is 1.80. The molecule has 0 aliphatic rings. The van der Waals surface area contributed by atoms with Gasteiger partial charge in [-0.1, -0.05) is 55.8 Å². The SMILES string of the molecule is CCC(C)C(NC(=O)NCc1ccccc1)c1nc(-c2cc(OC)c(OC)c(OC)c2)no1. The van der Waals surface area contributed by atoms with Gasteiger partial charge in [-0.25, -0.2) is 4.79 Å². The molecule has 1 heterocycles. The van der Waals surface area contributed by atoms with Crippen LogP contribution in [0.5, 0.6) is 17.2 Å². The molecule has 2 N–H and O–H groups in total. The lowest BCUT2D eigenvalue weighted by Crippen LogP contribution is -2.40. The maximum absolute atomic E-state index is 12.6. The zero-order chi connectivity index (χ0) is 23.8. The number of rotatable bonds is 10. The van der Waals surface area contributed by atoms with Gasteiger partial charge in [0.1, 0.15) is 6.04 Å². The topological polar surface area (TPSA) is 108 Å². The van der Waals surface area contributed by atoms with E-state index in [1.807, 2.05) is 44.2 Å². The lowest BCUT2D eigenvalue weighted by molar-refractivity contribution is 0.221. The predicted octanol–water partition coefficient (Wildman–Crippen LogP) is 4.35. The minimum Gasteiger partial charge on any atom is -0.493 e. The van der Waals surface area contributed by atoms with Gasteiger partial charge < -0.3 is 29.4 Å². The van der Waals surface area contributed by atoms with Crippen molar-refractivity contribution in [3.8, 4) is 28.6 Å². The van der Waals surface area contributed by atoms with Crippen molar-refractivity contribution in [3.05, 3.63) is 53.9 Å². The molecule has 2 amide bonds. The van der Waals surface area contributed by atoms with Gasteiger partial charge in [-0.2, -0.15) is 4.98 Å². The first-order valence-electron chi connectivity index (χ1n) is 10.7. The van der Waals surface area contributed by atoms with E-state index in [1.54, 1.807) is 26.4 Å². The van der Waals surface area contributed by atoms with Crippen LogP contribution in [-0.4, -0.2) is 37.5 Å². The van der Waals surface area contributed by atoms with E-state index in [1.165, 1.54) is 7.11 Å². The van der Waals surface area contributed by atoms with Gasteiger partial charge in [-0.15, -0.1) is 0 Å². The van der Waals surface area contributed by atoms with Crippen molar-refractivity contribution in [1.29, 1.82) is 0 Å². The molecule has 0 saturated carbocycles. The molecule has 2 atom stereocenters. The monoisotopic (exact) mass is 454 g/mol. The summed E-state index contributed by atoms with van der Waals surface area (Å²) in [4.78, 5) is 17.1. The fraction of sp³-hybridized carbons (Fsp3) is 0.375. The molecule has 0 radical (unpaired) electrons. The third kappa shape index (κ3) is 5.74. The van der Waals surface area contributed by atoms with Crippen LogP contribution in [0.25, 0.3) is 11.4 Å². The van der Waals surface area contributed by atoms with Crippen molar-refractivity contribution < 1.29 is 23.5 Å². The van der Waals surface area contributed by atoms with E-state index in [9.17, 15) is 4.79 Å². The van der Waals surface area contributed by atoms with Crippen LogP contribution >= 0.6 is 0 Å². The second kappa shape index (κ2) is 11.2. The van der Waals surface area contributed by atoms with E-state index in [2.05, 4.69) is 20.8 Å². The van der Waals surface area contributed by atoms with Crippen molar-refractivity contribution in [3.63, 3.8) is 0 Å². The number of hydrogen-bond acceptors (Lipinski definition) is 7. The van der Waals surface area contributed by atoms with Gasteiger partial charge in [0.15, 0.2) is 11.5 Å². The summed E-state index contributed by atoms with van der Waals surface area (Å²) in [5.41, 5.74) is 1.64. The molecule has 1 aromatic heterocycles. The second-order valence-corrected chi connectivity index (χ2v) is 7.55. The van der Waals surface area contributed by atoms with Crippen LogP contribution in [0, 0.1) is 5.92 Å². The molecule has 0 saturated heterocycles. The number of benzene rings is 2. The summed E-state index contributed by atoms with van der Waals surface area (Å²) in [6.45, 7) is 4.48. The minimum absolute atomic E-state index is 0.0701. The van der Waals surface area contributed by atoms with Gasteiger partial charge in [-0.3, -0.25) is 0 Å². The molecule has 0 spiro atoms. The number of methoxy groups -OCH3 is 3. The maximum atomic E-state index is 12.6. The Morgan fingerprint density at radius 2 is 1.73 bits per heavy atom. The fourth-order valence-electron chi connectivity index (χ4n) is 3.34. The van der Waals surface area contributed by atoms with E-state index < -0.39 is 6.04 Å². The number of aromatic nitrogens is 2. The highest BCUT2D eigenvalue weighted by molar-refractivity contribution is 5.74. The molecule has 0 bridgehead atoms. The normalized spacial score (nSPS) is 12.5. The Kier molecular flexibility index (Phi) is 8.12. The van der Waals surface area contributed by atoms with Crippen LogP contribution in [-0.2, 0) is 6.54 Å². The van der Waals surface area contributed by atoms with Gasteiger partial charge >= 0.3 is 6.03 Å². The van der Waals surface area contributed by atoms with E-state index in [4.69, 9.17) is 18.7 Å². The number of nitrogens with one attached hydrogen (secondary N) is 2. The van der Waals surface area contributed by atoms with Crippen LogP contribution < -0.4 is 24.8 Å². The molecular weight excluding hydrogens is 424 g/mol. The third-order valence-electron chi connectivity index (χ3n) is 5.43. The first-order valence-corrected chi connectivity index (χ1v) is 10.7. The van der Waals surface area contributed by atoms with Gasteiger partial charge in [0.05, 0.1) is 21.3 Å². The quantitative estimate of drug-likeness (QED) is 0.469. The Hall–Kier alpha value is -3.75. The third-order valence-corrected chi connectivity index (χ3v) is 5.43. The highest BCUT2D eigenvalue weighted by Crippen LogP contribution is 2.40. The molecule has 0 aliphatic carbocycles. The number of urea groups is 1. The standard InChI is InChI=1S/C24H30N4O5/c1-6-15(2)20(26-24(29)25-14-16-10-8-7-9-11-16)23-27-22(28-33-23)17-12-18(30-3)21(32-5)19(13-17)31-4/h7-13,15,20H,6,14H2,1-5H3,(H2,25,26,29). The summed E-state index contributed by atoms with van der Waals surface area (Å²) < 4.78 is 21.7. The van der Waals surface area contributed by atoms with Gasteiger partial charge in [0, 0.05) is 12.1 Å². The summed E-state index contributed by atoms with van der Waals surface area (Å²) in [6, 6.07) is 12.4. The van der Waals surface area contributed by atoms with Crippen molar-refractivity contribution in [2.75, 3.05) is 21.3 Å². The molecule has 3 rings (SSSR count). The molecule has 0 aliphatic heterocycles. The molecule has 2 aromatic carbocycles. The average molecular weight is 455 g/mol. The Morgan fingerprint density at radius 3 is 2.30 bits per heavy atom. The largest absolute Gasteiger partial charge is 0.493 e. The van der Waals surface area contributed by atoms with Crippen LogP contribution in [0.4, 0.5) is 4.79 Å². The number of carbonyl (C=O) groups is 1. The Morgan fingerprint density at radius 1 is 1.06 bits per heavy atom. The van der Waals surface area contributed by atoms with Gasteiger partial charge in [0.2, 0.25) is 17.5 Å². The fourth-order valence-corrected chi connectivity index (χ4v) is 3.34. The lowest BCUT2D eigenvalue weighted by atomic mass is 9.99. The maximum Gasteiger partial charge on any atom is 0.315 e. The van der Waals surface area contributed by atoms with Crippen LogP contribution in [0.15, 0.2) is 47.0 Å². The summed E-state index contributed by atoms with van der Waals surface area (Å²) >= 11 is 0. The molecule has 33 heavy (non-hydrogen) atoms. The number of amides is 2. The van der Waals surface area contributed by atoms with E-state index in [0.717, 1.165) is 12.0 Å². The Bertz CT molecular complexity index is 1030. The van der Waals surface area contributed by atoms with Crippen molar-refractivity contribution >= 4 is 6.03 Å². The number of nitrogens with zero attached hydrogens (tertiary/aromatic N) is 2. The zero-order valence-corrected chi connectivity index (χ0v) is 19.5. The summed E-state index contributed by atoms with van der Waals surface area (Å²) in [7, 11) is 4.62. The highest BCUT2D eigenvalue weighted by atomic mass is 16.5. The van der Waals surface area contributed by atoms with Crippen molar-refractivity contribution in [2.45, 2.75) is 32.9 Å². The highest BCUT2D eigenvalue weighted by Gasteiger charge is 2.27. The summed E-state index contributed by atoms with van der Waals surface area (Å²) in [5, 5.41) is 9.96. The smallest absolute Gasteiger partial charge is 0.315 e. The second-order valence-electron chi connectivity index (χ2n) is 7.55. The zero-order valence-electron chi connectivity index (χ0n) is 19.5. The predicted molar refractivity (Wildman–Crippen MR) is 123 cm³/mol. The lowest BCUT2D eigenvalue weighted by Gasteiger charge is -2.21. The van der Waals surface area contributed by atoms with Gasteiger partial charge in [-0.05, 0) is 23.6 Å². The van der Waals surface area contributed by atoms with E-state index in [0.29, 0.717) is 41.1 Å². The van der Waals surface area contributed by atoms with Crippen LogP contribution in [0.2, 0.25) is 0 Å². The average Bonchev–Trinajstić information content (AvgIpc) is 3.35. The van der Waals surface area contributed by atoms with Crippen molar-refractivity contribution in [2.24, 2.45) is 5.92 Å². The molecule has 0 fully saturated rings. The summed E-state index contributed by atoms with van der Waals surface area (Å²) in [5.74, 6) is 2.18. The minimum atomic E-state index is -0.450. The molecule has 176 valence electrons. The molecule has 2 unspecified atom stereocenters. The first kappa shape index (κ1) is 23.9. The Labute approximate surface area is 193 Å². The number of carbonyl (C=O) groups excluding carboxylic acids is 1. The molecule has 9 nitrogen and oxygen atoms in total. The molecular formula is C24H30N4O5. The number of hydrogen-bond donors (Lipinski definition) is 2. The summed E-state index contributed by atoms with van der Waals surface area (Å²) in [6.07, 6.45) is 0.811. The van der Waals surface area contributed by atoms with Gasteiger partial charge in [0.25, 0.3) is 0 Å². The molecule has 3 aromatic rings. The first-order chi connectivity index (χ1) is 16.0. The number of ether oxygens (including phenoxy) is 3. The van der Waals surface area contributed by atoms with Crippen LogP contribution in [0.1, 0.15) is 37.8 Å². The van der Waals surface area contributed by atoms with Crippen LogP contribution in [0.3, 0.4) is 0 Å². The van der Waals surface area contributed by atoms with Crippen molar-refractivity contribution in [1.82, 2.24) is 20.8 Å². The van der Waals surface area contributed by atoms with E-state index in [-0.39, 0.29) is 11.9 Å².